The average Bonchev–Trinajstić information content (AvgIpc) is 3.15. The molecule has 6 nitrogen and oxygen atoms in total. The Hall–Kier alpha value is -2.63. The zero-order chi connectivity index (χ0) is 16.6. The highest BCUT2D eigenvalue weighted by atomic mass is 16.4. The van der Waals surface area contributed by atoms with Crippen LogP contribution in [0.4, 0.5) is 0 Å². The quantitative estimate of drug-likeness (QED) is 0.943. The van der Waals surface area contributed by atoms with Crippen LogP contribution in [0.2, 0.25) is 0 Å². The van der Waals surface area contributed by atoms with Gasteiger partial charge in [0.2, 0.25) is 0 Å². The minimum atomic E-state index is -1.14. The van der Waals surface area contributed by atoms with Crippen LogP contribution in [-0.2, 0) is 4.79 Å². The summed E-state index contributed by atoms with van der Waals surface area (Å²) in [6, 6.07) is 7.75. The Kier molecular flexibility index (Phi) is 3.67. The zero-order valence-corrected chi connectivity index (χ0v) is 13.2. The van der Waals surface area contributed by atoms with Gasteiger partial charge in [0.1, 0.15) is 5.54 Å². The lowest BCUT2D eigenvalue weighted by atomic mass is 9.99. The van der Waals surface area contributed by atoms with Gasteiger partial charge in [-0.25, -0.2) is 9.48 Å². The molecule has 2 aromatic rings. The number of benzene rings is 1. The minimum Gasteiger partial charge on any atom is -0.480 e. The number of carboxylic acids is 1. The summed E-state index contributed by atoms with van der Waals surface area (Å²) in [6.07, 6.45) is 4.32. The van der Waals surface area contributed by atoms with Crippen molar-refractivity contribution in [2.45, 2.75) is 32.2 Å². The number of rotatable bonds is 3. The molecule has 1 aliphatic rings. The van der Waals surface area contributed by atoms with Gasteiger partial charge in [0.05, 0.1) is 17.4 Å². The van der Waals surface area contributed by atoms with E-state index in [0.717, 1.165) is 11.3 Å². The molecule has 0 saturated carbocycles. The fourth-order valence-corrected chi connectivity index (χ4v) is 3.05. The molecule has 23 heavy (non-hydrogen) atoms. The van der Waals surface area contributed by atoms with Crippen molar-refractivity contribution in [2.24, 2.45) is 0 Å². The first-order valence-electron chi connectivity index (χ1n) is 7.59. The lowest BCUT2D eigenvalue weighted by Gasteiger charge is -2.30. The average molecular weight is 313 g/mol. The number of carbonyl (C=O) groups is 2. The van der Waals surface area contributed by atoms with E-state index in [0.29, 0.717) is 24.9 Å². The number of likely N-dealkylation sites (tertiary alicyclic amines) is 1. The van der Waals surface area contributed by atoms with E-state index in [2.05, 4.69) is 5.10 Å². The molecule has 1 aromatic heterocycles. The van der Waals surface area contributed by atoms with Gasteiger partial charge in [-0.2, -0.15) is 5.10 Å². The number of aromatic nitrogens is 2. The topological polar surface area (TPSA) is 75.4 Å². The zero-order valence-electron chi connectivity index (χ0n) is 13.2. The van der Waals surface area contributed by atoms with Crippen LogP contribution in [0.15, 0.2) is 36.7 Å². The van der Waals surface area contributed by atoms with E-state index in [1.165, 1.54) is 11.1 Å². The van der Waals surface area contributed by atoms with Crippen molar-refractivity contribution in [2.75, 3.05) is 6.54 Å². The second-order valence-corrected chi connectivity index (χ2v) is 6.10. The molecule has 0 radical (unpaired) electrons. The highest BCUT2D eigenvalue weighted by molar-refractivity contribution is 5.97. The number of hydrogen-bond acceptors (Lipinski definition) is 3. The first kappa shape index (κ1) is 15.3. The lowest BCUT2D eigenvalue weighted by molar-refractivity contribution is -0.147. The van der Waals surface area contributed by atoms with Gasteiger partial charge in [-0.05, 0) is 38.3 Å². The number of hydrogen-bond donors (Lipinski definition) is 1. The van der Waals surface area contributed by atoms with E-state index in [-0.39, 0.29) is 5.91 Å². The monoisotopic (exact) mass is 313 g/mol. The van der Waals surface area contributed by atoms with E-state index < -0.39 is 11.5 Å². The van der Waals surface area contributed by atoms with Crippen molar-refractivity contribution in [1.82, 2.24) is 14.7 Å². The molecule has 1 aromatic carbocycles. The Morgan fingerprint density at radius 3 is 2.74 bits per heavy atom. The van der Waals surface area contributed by atoms with Gasteiger partial charge in [-0.1, -0.05) is 18.2 Å². The summed E-state index contributed by atoms with van der Waals surface area (Å²) >= 11 is 0. The molecule has 1 amide bonds. The Morgan fingerprint density at radius 2 is 2.04 bits per heavy atom. The van der Waals surface area contributed by atoms with Crippen molar-refractivity contribution < 1.29 is 14.7 Å². The molecule has 1 saturated heterocycles. The number of aliphatic carboxylic acids is 1. The number of aryl methyl sites for hydroxylation is 1. The van der Waals surface area contributed by atoms with Crippen molar-refractivity contribution >= 4 is 11.9 Å². The summed E-state index contributed by atoms with van der Waals surface area (Å²) in [7, 11) is 0. The highest BCUT2D eigenvalue weighted by Gasteiger charge is 2.46. The fourth-order valence-electron chi connectivity index (χ4n) is 3.05. The summed E-state index contributed by atoms with van der Waals surface area (Å²) in [4.78, 5) is 25.7. The van der Waals surface area contributed by atoms with Gasteiger partial charge >= 0.3 is 5.97 Å². The summed E-state index contributed by atoms with van der Waals surface area (Å²) in [5.74, 6) is -1.25. The standard InChI is InChI=1S/C17H19N3O3/c1-12-6-3-4-7-14(12)20-11-13(10-18-20)15(21)19-9-5-8-17(19,2)16(22)23/h3-4,6-7,10-11H,5,8-9H2,1-2H3,(H,22,23). The van der Waals surface area contributed by atoms with Gasteiger partial charge in [0.15, 0.2) is 0 Å². The van der Waals surface area contributed by atoms with Gasteiger partial charge < -0.3 is 10.0 Å². The molecule has 0 bridgehead atoms. The maximum Gasteiger partial charge on any atom is 0.329 e. The van der Waals surface area contributed by atoms with Gasteiger partial charge in [0, 0.05) is 12.7 Å². The number of carbonyl (C=O) groups excluding carboxylic acids is 1. The molecule has 120 valence electrons. The molecule has 6 heteroatoms. The molecule has 1 aliphatic heterocycles. The summed E-state index contributed by atoms with van der Waals surface area (Å²) in [6.45, 7) is 4.03. The predicted molar refractivity (Wildman–Crippen MR) is 84.6 cm³/mol. The van der Waals surface area contributed by atoms with Crippen LogP contribution in [0.1, 0.15) is 35.7 Å². The van der Waals surface area contributed by atoms with E-state index in [1.807, 2.05) is 31.2 Å². The summed E-state index contributed by atoms with van der Waals surface area (Å²) in [5, 5.41) is 13.7. The minimum absolute atomic E-state index is 0.285. The van der Waals surface area contributed by atoms with Gasteiger partial charge in [0.25, 0.3) is 5.91 Å². The number of amides is 1. The molecule has 1 fully saturated rings. The van der Waals surface area contributed by atoms with Crippen LogP contribution < -0.4 is 0 Å². The third kappa shape index (κ3) is 2.50. The molecule has 1 atom stereocenters. The fraction of sp³-hybridized carbons (Fsp3) is 0.353. The predicted octanol–water partition coefficient (Wildman–Crippen LogP) is 2.26. The molecule has 2 heterocycles. The molecule has 3 rings (SSSR count). The van der Waals surface area contributed by atoms with Crippen molar-refractivity contribution in [3.8, 4) is 5.69 Å². The van der Waals surface area contributed by atoms with Crippen LogP contribution in [0.25, 0.3) is 5.69 Å². The van der Waals surface area contributed by atoms with Crippen molar-refractivity contribution in [1.29, 1.82) is 0 Å². The molecular formula is C17H19N3O3. The Labute approximate surface area is 134 Å². The normalized spacial score (nSPS) is 20.7. The molecule has 0 aliphatic carbocycles. The van der Waals surface area contributed by atoms with Crippen LogP contribution >= 0.6 is 0 Å². The molecular weight excluding hydrogens is 294 g/mol. The number of nitrogens with zero attached hydrogens (tertiary/aromatic N) is 3. The third-order valence-corrected chi connectivity index (χ3v) is 4.54. The second-order valence-electron chi connectivity index (χ2n) is 6.10. The highest BCUT2D eigenvalue weighted by Crippen LogP contribution is 2.30. The van der Waals surface area contributed by atoms with Crippen LogP contribution in [0, 0.1) is 6.92 Å². The lowest BCUT2D eigenvalue weighted by Crippen LogP contribution is -2.50. The van der Waals surface area contributed by atoms with E-state index in [9.17, 15) is 14.7 Å². The van der Waals surface area contributed by atoms with Crippen LogP contribution in [0.5, 0.6) is 0 Å². The summed E-state index contributed by atoms with van der Waals surface area (Å²) in [5.41, 5.74) is 1.21. The Balaban J connectivity index is 1.90. The van der Waals surface area contributed by atoms with E-state index >= 15 is 0 Å². The Bertz CT molecular complexity index is 768. The van der Waals surface area contributed by atoms with Crippen LogP contribution in [0.3, 0.4) is 0 Å². The van der Waals surface area contributed by atoms with Crippen molar-refractivity contribution in [3.63, 3.8) is 0 Å². The molecule has 1 N–H and O–H groups in total. The molecule has 0 spiro atoms. The molecule has 1 unspecified atom stereocenters. The first-order chi connectivity index (χ1) is 10.9. The largest absolute Gasteiger partial charge is 0.480 e. The second kappa shape index (κ2) is 5.53. The maximum absolute atomic E-state index is 12.7. The first-order valence-corrected chi connectivity index (χ1v) is 7.59. The number of para-hydroxylation sites is 1. The summed E-state index contributed by atoms with van der Waals surface area (Å²) < 4.78 is 1.65. The third-order valence-electron chi connectivity index (χ3n) is 4.54. The van der Waals surface area contributed by atoms with Gasteiger partial charge in [-0.3, -0.25) is 4.79 Å². The van der Waals surface area contributed by atoms with Crippen molar-refractivity contribution in [3.05, 3.63) is 47.8 Å². The van der Waals surface area contributed by atoms with Gasteiger partial charge in [-0.15, -0.1) is 0 Å². The van der Waals surface area contributed by atoms with E-state index in [1.54, 1.807) is 17.8 Å². The van der Waals surface area contributed by atoms with Crippen LogP contribution in [-0.4, -0.2) is 43.7 Å². The smallest absolute Gasteiger partial charge is 0.329 e. The Morgan fingerprint density at radius 1 is 1.30 bits per heavy atom. The number of carboxylic acid groups (broad SMARTS) is 1. The maximum atomic E-state index is 12.7. The SMILES string of the molecule is Cc1ccccc1-n1cc(C(=O)N2CCCC2(C)C(=O)O)cn1. The van der Waals surface area contributed by atoms with E-state index in [4.69, 9.17) is 0 Å².